The van der Waals surface area contributed by atoms with Crippen LogP contribution in [0.2, 0.25) is 0 Å². The number of nitrogens with two attached hydrogens (primary N) is 3. The van der Waals surface area contributed by atoms with E-state index in [4.69, 9.17) is 26.7 Å². The molecule has 6 N–H and O–H groups in total. The summed E-state index contributed by atoms with van der Waals surface area (Å²) < 4.78 is 10.3. The summed E-state index contributed by atoms with van der Waals surface area (Å²) in [5, 5.41) is 0. The molecule has 0 aromatic carbocycles. The standard InChI is InChI=1S/C8H19N5O2/c1-2-14-5-6-15-4-3-12-8(11)13-7(9)10/h2-6H2,1H3,(H6,9,10,11,12,13). The highest BCUT2D eigenvalue weighted by Crippen LogP contribution is 1.80. The highest BCUT2D eigenvalue weighted by atomic mass is 16.5. The Bertz CT molecular complexity index is 213. The van der Waals surface area contributed by atoms with Crippen molar-refractivity contribution in [2.45, 2.75) is 6.92 Å². The Kier molecular flexibility index (Phi) is 8.40. The van der Waals surface area contributed by atoms with Gasteiger partial charge in [0.1, 0.15) is 0 Å². The molecule has 0 aliphatic heterocycles. The first-order valence-corrected chi connectivity index (χ1v) is 4.71. The fraction of sp³-hybridized carbons (Fsp3) is 0.750. The normalized spacial score (nSPS) is 11.4. The van der Waals surface area contributed by atoms with Crippen LogP contribution in [0.3, 0.4) is 0 Å². The topological polar surface area (TPSA) is 121 Å². The van der Waals surface area contributed by atoms with Crippen molar-refractivity contribution in [1.29, 1.82) is 0 Å². The number of ether oxygens (including phenoxy) is 2. The fourth-order valence-corrected chi connectivity index (χ4v) is 0.757. The molecule has 0 aromatic heterocycles. The number of nitrogens with zero attached hydrogens (tertiary/aromatic N) is 2. The SMILES string of the molecule is CCOCCOCCN=C(N)N=C(N)N. The third-order valence-corrected chi connectivity index (χ3v) is 1.33. The van der Waals surface area contributed by atoms with Gasteiger partial charge in [-0.1, -0.05) is 0 Å². The molecular formula is C8H19N5O2. The minimum absolute atomic E-state index is 0.0587. The van der Waals surface area contributed by atoms with Gasteiger partial charge in [-0.2, -0.15) is 4.99 Å². The lowest BCUT2D eigenvalue weighted by Gasteiger charge is -2.02. The Hall–Kier alpha value is -1.34. The van der Waals surface area contributed by atoms with Crippen molar-refractivity contribution in [1.82, 2.24) is 0 Å². The Morgan fingerprint density at radius 2 is 1.73 bits per heavy atom. The van der Waals surface area contributed by atoms with Gasteiger partial charge in [0.15, 0.2) is 5.96 Å². The number of guanidine groups is 2. The van der Waals surface area contributed by atoms with Gasteiger partial charge in [0.25, 0.3) is 0 Å². The van der Waals surface area contributed by atoms with Gasteiger partial charge >= 0.3 is 0 Å². The predicted molar refractivity (Wildman–Crippen MR) is 59.6 cm³/mol. The van der Waals surface area contributed by atoms with E-state index in [9.17, 15) is 0 Å². The van der Waals surface area contributed by atoms with E-state index in [2.05, 4.69) is 9.98 Å². The first-order valence-electron chi connectivity index (χ1n) is 4.71. The first kappa shape index (κ1) is 13.7. The minimum atomic E-state index is -0.103. The van der Waals surface area contributed by atoms with E-state index in [-0.39, 0.29) is 11.9 Å². The van der Waals surface area contributed by atoms with Crippen LogP contribution in [-0.4, -0.2) is 44.9 Å². The zero-order chi connectivity index (χ0) is 11.5. The van der Waals surface area contributed by atoms with Crippen LogP contribution in [-0.2, 0) is 9.47 Å². The molecule has 0 heterocycles. The van der Waals surface area contributed by atoms with Crippen LogP contribution in [0.5, 0.6) is 0 Å². The van der Waals surface area contributed by atoms with Crippen LogP contribution in [0.15, 0.2) is 9.98 Å². The number of rotatable bonds is 7. The summed E-state index contributed by atoms with van der Waals surface area (Å²) in [6, 6.07) is 0. The summed E-state index contributed by atoms with van der Waals surface area (Å²) >= 11 is 0. The van der Waals surface area contributed by atoms with Crippen molar-refractivity contribution in [3.05, 3.63) is 0 Å². The van der Waals surface area contributed by atoms with Crippen LogP contribution >= 0.6 is 0 Å². The summed E-state index contributed by atoms with van der Waals surface area (Å²) in [6.45, 7) is 4.65. The van der Waals surface area contributed by atoms with Crippen LogP contribution in [0.1, 0.15) is 6.92 Å². The molecule has 7 heteroatoms. The third-order valence-electron chi connectivity index (χ3n) is 1.33. The van der Waals surface area contributed by atoms with Crippen molar-refractivity contribution in [2.75, 3.05) is 33.0 Å². The second-order valence-electron chi connectivity index (χ2n) is 2.59. The van der Waals surface area contributed by atoms with Crippen LogP contribution in [0.25, 0.3) is 0 Å². The number of hydrogen-bond donors (Lipinski definition) is 3. The van der Waals surface area contributed by atoms with E-state index < -0.39 is 0 Å². The molecule has 0 bridgehead atoms. The molecule has 0 saturated carbocycles. The summed E-state index contributed by atoms with van der Waals surface area (Å²) in [7, 11) is 0. The molecule has 0 unspecified atom stereocenters. The molecule has 88 valence electrons. The molecule has 0 amide bonds. The maximum Gasteiger partial charge on any atom is 0.218 e. The Morgan fingerprint density at radius 3 is 2.33 bits per heavy atom. The Morgan fingerprint density at radius 1 is 1.07 bits per heavy atom. The second-order valence-corrected chi connectivity index (χ2v) is 2.59. The zero-order valence-electron chi connectivity index (χ0n) is 8.98. The molecule has 0 aromatic rings. The van der Waals surface area contributed by atoms with Crippen molar-refractivity contribution in [3.63, 3.8) is 0 Å². The highest BCUT2D eigenvalue weighted by molar-refractivity contribution is 5.92. The zero-order valence-corrected chi connectivity index (χ0v) is 8.98. The van der Waals surface area contributed by atoms with E-state index in [1.807, 2.05) is 6.92 Å². The molecule has 0 fully saturated rings. The van der Waals surface area contributed by atoms with Gasteiger partial charge in [-0.3, -0.25) is 0 Å². The van der Waals surface area contributed by atoms with Crippen molar-refractivity contribution in [3.8, 4) is 0 Å². The lowest BCUT2D eigenvalue weighted by molar-refractivity contribution is 0.0562. The molecule has 0 aliphatic carbocycles. The van der Waals surface area contributed by atoms with E-state index in [1.54, 1.807) is 0 Å². The smallest absolute Gasteiger partial charge is 0.218 e. The lowest BCUT2D eigenvalue weighted by atomic mass is 10.7. The largest absolute Gasteiger partial charge is 0.379 e. The van der Waals surface area contributed by atoms with Crippen molar-refractivity contribution >= 4 is 11.9 Å². The molecule has 0 atom stereocenters. The maximum absolute atomic E-state index is 5.36. The molecule has 0 spiro atoms. The van der Waals surface area contributed by atoms with Crippen LogP contribution in [0.4, 0.5) is 0 Å². The number of hydrogen-bond acceptors (Lipinski definition) is 3. The lowest BCUT2D eigenvalue weighted by Crippen LogP contribution is -2.26. The molecule has 0 saturated heterocycles. The molecule has 7 nitrogen and oxygen atoms in total. The van der Waals surface area contributed by atoms with Crippen LogP contribution in [0, 0.1) is 0 Å². The van der Waals surface area contributed by atoms with Gasteiger partial charge in [-0.25, -0.2) is 4.99 Å². The highest BCUT2D eigenvalue weighted by Gasteiger charge is 1.90. The summed E-state index contributed by atoms with van der Waals surface area (Å²) in [5.74, 6) is -0.0445. The van der Waals surface area contributed by atoms with Gasteiger partial charge in [0.2, 0.25) is 5.96 Å². The quantitative estimate of drug-likeness (QED) is 0.276. The van der Waals surface area contributed by atoms with E-state index >= 15 is 0 Å². The van der Waals surface area contributed by atoms with E-state index in [0.29, 0.717) is 33.0 Å². The molecule has 0 rings (SSSR count). The maximum atomic E-state index is 5.36. The van der Waals surface area contributed by atoms with E-state index in [0.717, 1.165) is 0 Å². The van der Waals surface area contributed by atoms with E-state index in [1.165, 1.54) is 0 Å². The molecule has 0 aliphatic rings. The minimum Gasteiger partial charge on any atom is -0.379 e. The summed E-state index contributed by atoms with van der Waals surface area (Å²) in [4.78, 5) is 7.41. The van der Waals surface area contributed by atoms with Gasteiger partial charge in [-0.05, 0) is 6.92 Å². The van der Waals surface area contributed by atoms with Crippen molar-refractivity contribution in [2.24, 2.45) is 27.2 Å². The van der Waals surface area contributed by atoms with Gasteiger partial charge in [-0.15, -0.1) is 0 Å². The predicted octanol–water partition coefficient (Wildman–Crippen LogP) is -1.37. The average Bonchev–Trinajstić information content (AvgIpc) is 2.15. The van der Waals surface area contributed by atoms with Gasteiger partial charge in [0, 0.05) is 6.61 Å². The monoisotopic (exact) mass is 217 g/mol. The van der Waals surface area contributed by atoms with Crippen LogP contribution < -0.4 is 17.2 Å². The second kappa shape index (κ2) is 9.22. The van der Waals surface area contributed by atoms with Crippen molar-refractivity contribution < 1.29 is 9.47 Å². The number of aliphatic imine (C=N–C) groups is 2. The van der Waals surface area contributed by atoms with Gasteiger partial charge < -0.3 is 26.7 Å². The molecule has 15 heavy (non-hydrogen) atoms. The van der Waals surface area contributed by atoms with Gasteiger partial charge in [0.05, 0.1) is 26.4 Å². The third kappa shape index (κ3) is 10.6. The Labute approximate surface area is 89.3 Å². The fourth-order valence-electron chi connectivity index (χ4n) is 0.757. The molecule has 0 radical (unpaired) electrons. The Balaban J connectivity index is 3.41. The first-order chi connectivity index (χ1) is 7.16. The summed E-state index contributed by atoms with van der Waals surface area (Å²) in [5.41, 5.74) is 15.6. The molecular weight excluding hydrogens is 198 g/mol. The summed E-state index contributed by atoms with van der Waals surface area (Å²) in [6.07, 6.45) is 0. The average molecular weight is 217 g/mol.